The lowest BCUT2D eigenvalue weighted by Crippen LogP contribution is -2.50. The molecule has 2 aliphatic rings. The fraction of sp³-hybridized carbons (Fsp3) is 0.571. The van der Waals surface area contributed by atoms with Gasteiger partial charge in [-0.25, -0.2) is 0 Å². The van der Waals surface area contributed by atoms with Gasteiger partial charge in [-0.3, -0.25) is 4.90 Å². The molecule has 0 aliphatic carbocycles. The summed E-state index contributed by atoms with van der Waals surface area (Å²) in [6.45, 7) is 4.61. The quantitative estimate of drug-likeness (QED) is 0.888. The van der Waals surface area contributed by atoms with E-state index in [4.69, 9.17) is 16.7 Å². The van der Waals surface area contributed by atoms with Crippen LogP contribution < -0.4 is 4.90 Å². The van der Waals surface area contributed by atoms with Crippen LogP contribution in [0.5, 0.6) is 0 Å². The molecule has 0 spiro atoms. The first kappa shape index (κ1) is 12.3. The van der Waals surface area contributed by atoms with Crippen LogP contribution in [0.4, 0.5) is 5.69 Å². The molecule has 2 saturated heterocycles. The van der Waals surface area contributed by atoms with Crippen molar-refractivity contribution in [2.24, 2.45) is 0 Å². The molecule has 0 aromatic heterocycles. The van der Waals surface area contributed by atoms with Gasteiger partial charge in [0.1, 0.15) is 0 Å². The van der Waals surface area contributed by atoms with Crippen LogP contribution in [0.1, 0.15) is 18.4 Å². The molecule has 1 atom stereocenters. The van der Waals surface area contributed by atoms with Crippen molar-refractivity contribution in [1.82, 2.24) is 4.90 Å². The Labute approximate surface area is 113 Å². The molecule has 3 nitrogen and oxygen atoms in total. The predicted molar refractivity (Wildman–Crippen MR) is 74.2 cm³/mol. The second-order valence-corrected chi connectivity index (χ2v) is 5.62. The first-order valence-corrected chi connectivity index (χ1v) is 7.04. The SMILES string of the molecule is OCc1ccc(N2CCN3CCCC3C2)cc1Cl. The van der Waals surface area contributed by atoms with E-state index < -0.39 is 0 Å². The fourth-order valence-corrected chi connectivity index (χ4v) is 3.32. The number of rotatable bonds is 2. The highest BCUT2D eigenvalue weighted by molar-refractivity contribution is 6.31. The van der Waals surface area contributed by atoms with Gasteiger partial charge in [-0.05, 0) is 37.1 Å². The van der Waals surface area contributed by atoms with Crippen molar-refractivity contribution in [2.45, 2.75) is 25.5 Å². The third-order valence-electron chi connectivity index (χ3n) is 4.16. The largest absolute Gasteiger partial charge is 0.392 e. The third-order valence-corrected chi connectivity index (χ3v) is 4.51. The summed E-state index contributed by atoms with van der Waals surface area (Å²) in [7, 11) is 0. The zero-order chi connectivity index (χ0) is 12.5. The van der Waals surface area contributed by atoms with E-state index >= 15 is 0 Å². The summed E-state index contributed by atoms with van der Waals surface area (Å²) in [4.78, 5) is 5.01. The lowest BCUT2D eigenvalue weighted by atomic mass is 10.1. The van der Waals surface area contributed by atoms with E-state index in [-0.39, 0.29) is 6.61 Å². The molecule has 0 amide bonds. The Hall–Kier alpha value is -0.770. The van der Waals surface area contributed by atoms with Gasteiger partial charge in [0.25, 0.3) is 0 Å². The molecule has 2 aliphatic heterocycles. The number of piperazine rings is 1. The van der Waals surface area contributed by atoms with Gasteiger partial charge < -0.3 is 10.0 Å². The van der Waals surface area contributed by atoms with Crippen LogP contribution in [-0.2, 0) is 6.61 Å². The number of hydrogen-bond donors (Lipinski definition) is 1. The van der Waals surface area contributed by atoms with E-state index in [2.05, 4.69) is 15.9 Å². The molecule has 1 aromatic rings. The maximum Gasteiger partial charge on any atom is 0.0696 e. The molecule has 1 N–H and O–H groups in total. The number of hydrogen-bond acceptors (Lipinski definition) is 3. The molecule has 1 aromatic carbocycles. The van der Waals surface area contributed by atoms with Crippen LogP contribution in [-0.4, -0.2) is 42.2 Å². The predicted octanol–water partition coefficient (Wildman–Crippen LogP) is 2.12. The Morgan fingerprint density at radius 1 is 1.28 bits per heavy atom. The lowest BCUT2D eigenvalue weighted by molar-refractivity contribution is 0.231. The first-order valence-electron chi connectivity index (χ1n) is 6.66. The summed E-state index contributed by atoms with van der Waals surface area (Å²) in [5, 5.41) is 9.81. The normalized spacial score (nSPS) is 24.3. The van der Waals surface area contributed by atoms with Crippen molar-refractivity contribution in [3.63, 3.8) is 0 Å². The zero-order valence-corrected chi connectivity index (χ0v) is 11.2. The van der Waals surface area contributed by atoms with Gasteiger partial charge in [0.2, 0.25) is 0 Å². The molecule has 1 unspecified atom stereocenters. The number of aliphatic hydroxyl groups excluding tert-OH is 1. The monoisotopic (exact) mass is 266 g/mol. The van der Waals surface area contributed by atoms with Crippen molar-refractivity contribution in [3.05, 3.63) is 28.8 Å². The molecule has 2 heterocycles. The lowest BCUT2D eigenvalue weighted by Gasteiger charge is -2.39. The minimum atomic E-state index is 0.00944. The van der Waals surface area contributed by atoms with Gasteiger partial charge >= 0.3 is 0 Å². The molecule has 3 rings (SSSR count). The Balaban J connectivity index is 1.76. The summed E-state index contributed by atoms with van der Waals surface area (Å²) >= 11 is 6.16. The number of halogens is 1. The van der Waals surface area contributed by atoms with Gasteiger partial charge in [0.05, 0.1) is 6.61 Å². The maximum atomic E-state index is 9.14. The molecule has 4 heteroatoms. The Morgan fingerprint density at radius 3 is 2.94 bits per heavy atom. The summed E-state index contributed by atoms with van der Waals surface area (Å²) < 4.78 is 0. The molecule has 0 bridgehead atoms. The number of nitrogens with zero attached hydrogens (tertiary/aromatic N) is 2. The summed E-state index contributed by atoms with van der Waals surface area (Å²) in [6.07, 6.45) is 2.65. The standard InChI is InChI=1S/C14H19ClN2O/c15-14-8-12(4-3-11(14)10-18)17-7-6-16-5-1-2-13(16)9-17/h3-4,8,13,18H,1-2,5-7,9-10H2. The van der Waals surface area contributed by atoms with E-state index in [9.17, 15) is 0 Å². The third kappa shape index (κ3) is 2.22. The first-order chi connectivity index (χ1) is 8.78. The van der Waals surface area contributed by atoms with Gasteiger partial charge in [0.15, 0.2) is 0 Å². The average molecular weight is 267 g/mol. The number of aliphatic hydroxyl groups is 1. The second kappa shape index (κ2) is 5.08. The van der Waals surface area contributed by atoms with Crippen molar-refractivity contribution >= 4 is 17.3 Å². The summed E-state index contributed by atoms with van der Waals surface area (Å²) in [5.41, 5.74) is 1.99. The number of fused-ring (bicyclic) bond motifs is 1. The summed E-state index contributed by atoms with van der Waals surface area (Å²) in [6, 6.07) is 6.70. The van der Waals surface area contributed by atoms with Gasteiger partial charge in [-0.1, -0.05) is 17.7 Å². The topological polar surface area (TPSA) is 26.7 Å². The van der Waals surface area contributed by atoms with Crippen LogP contribution in [0.2, 0.25) is 5.02 Å². The van der Waals surface area contributed by atoms with Crippen LogP contribution >= 0.6 is 11.6 Å². The molecule has 98 valence electrons. The van der Waals surface area contributed by atoms with Gasteiger partial charge in [-0.2, -0.15) is 0 Å². The minimum absolute atomic E-state index is 0.00944. The molecular weight excluding hydrogens is 248 g/mol. The van der Waals surface area contributed by atoms with E-state index in [1.807, 2.05) is 12.1 Å². The smallest absolute Gasteiger partial charge is 0.0696 e. The zero-order valence-electron chi connectivity index (χ0n) is 10.5. The molecule has 0 radical (unpaired) electrons. The van der Waals surface area contributed by atoms with Crippen molar-refractivity contribution < 1.29 is 5.11 Å². The molecule has 18 heavy (non-hydrogen) atoms. The van der Waals surface area contributed by atoms with E-state index in [1.165, 1.54) is 25.1 Å². The molecular formula is C14H19ClN2O. The summed E-state index contributed by atoms with van der Waals surface area (Å²) in [5.74, 6) is 0. The minimum Gasteiger partial charge on any atom is -0.392 e. The van der Waals surface area contributed by atoms with Crippen LogP contribution in [0.15, 0.2) is 18.2 Å². The van der Waals surface area contributed by atoms with Gasteiger partial charge in [-0.15, -0.1) is 0 Å². The van der Waals surface area contributed by atoms with Crippen molar-refractivity contribution in [3.8, 4) is 0 Å². The van der Waals surface area contributed by atoms with Crippen molar-refractivity contribution in [1.29, 1.82) is 0 Å². The second-order valence-electron chi connectivity index (χ2n) is 5.21. The average Bonchev–Trinajstić information content (AvgIpc) is 2.85. The van der Waals surface area contributed by atoms with E-state index in [1.54, 1.807) is 0 Å². The van der Waals surface area contributed by atoms with Crippen LogP contribution in [0.3, 0.4) is 0 Å². The highest BCUT2D eigenvalue weighted by atomic mass is 35.5. The van der Waals surface area contributed by atoms with E-state index in [0.717, 1.165) is 31.2 Å². The number of benzene rings is 1. The Bertz CT molecular complexity index is 438. The highest BCUT2D eigenvalue weighted by Gasteiger charge is 2.30. The van der Waals surface area contributed by atoms with Crippen LogP contribution in [0.25, 0.3) is 0 Å². The molecule has 2 fully saturated rings. The van der Waals surface area contributed by atoms with Gasteiger partial charge in [0, 0.05) is 36.4 Å². The number of anilines is 1. The Morgan fingerprint density at radius 2 is 2.17 bits per heavy atom. The van der Waals surface area contributed by atoms with Crippen molar-refractivity contribution in [2.75, 3.05) is 31.1 Å². The van der Waals surface area contributed by atoms with E-state index in [0.29, 0.717) is 5.02 Å². The highest BCUT2D eigenvalue weighted by Crippen LogP contribution is 2.28. The van der Waals surface area contributed by atoms with Crippen LogP contribution in [0, 0.1) is 0 Å². The maximum absolute atomic E-state index is 9.14. The fourth-order valence-electron chi connectivity index (χ4n) is 3.09. The molecule has 0 saturated carbocycles. The Kier molecular flexibility index (Phi) is 3.46.